The van der Waals surface area contributed by atoms with Crippen LogP contribution in [0.1, 0.15) is 37.2 Å². The molecule has 1 aromatic heterocycles. The second-order valence-electron chi connectivity index (χ2n) is 5.32. The molecule has 1 N–H and O–H groups in total. The summed E-state index contributed by atoms with van der Waals surface area (Å²) >= 11 is 6.03. The molecule has 128 valence electrons. The number of carbonyl (C=O) groups is 1. The molecule has 0 spiro atoms. The maximum absolute atomic E-state index is 13.1. The number of hydrogen-bond acceptors (Lipinski definition) is 4. The molecule has 1 aromatic rings. The standard InChI is InChI=1S/C13H16ClF3N4O2/c1-4-9(20-8(3)10(14)7(2)19-20)11(22)21-12(23,5-6-18-21)13(15,16)17/h6,9,23H,4-5H2,1-3H3/t9-,12-/m1/s1. The molecule has 0 unspecified atom stereocenters. The van der Waals surface area contributed by atoms with Gasteiger partial charge in [0, 0.05) is 12.6 Å². The first-order valence-corrected chi connectivity index (χ1v) is 7.29. The summed E-state index contributed by atoms with van der Waals surface area (Å²) in [4.78, 5) is 12.6. The van der Waals surface area contributed by atoms with Gasteiger partial charge >= 0.3 is 6.18 Å². The van der Waals surface area contributed by atoms with Crippen LogP contribution in [0.25, 0.3) is 0 Å². The SMILES string of the molecule is CC[C@H](C(=O)N1N=CC[C@@]1(O)C(F)(F)F)n1nc(C)c(Cl)c1C. The highest BCUT2D eigenvalue weighted by molar-refractivity contribution is 6.31. The summed E-state index contributed by atoms with van der Waals surface area (Å²) in [7, 11) is 0. The van der Waals surface area contributed by atoms with E-state index in [-0.39, 0.29) is 11.4 Å². The summed E-state index contributed by atoms with van der Waals surface area (Å²) in [6.45, 7) is 4.87. The Balaban J connectivity index is 2.41. The number of alkyl halides is 3. The van der Waals surface area contributed by atoms with Crippen molar-refractivity contribution in [3.63, 3.8) is 0 Å². The molecule has 2 heterocycles. The predicted octanol–water partition coefficient (Wildman–Crippen LogP) is 2.57. The van der Waals surface area contributed by atoms with Crippen LogP contribution in [0.3, 0.4) is 0 Å². The second-order valence-corrected chi connectivity index (χ2v) is 5.70. The van der Waals surface area contributed by atoms with E-state index in [2.05, 4.69) is 10.2 Å². The molecule has 0 aliphatic carbocycles. The van der Waals surface area contributed by atoms with Gasteiger partial charge in [0.1, 0.15) is 6.04 Å². The third-order valence-corrected chi connectivity index (χ3v) is 4.34. The number of hydrogen-bond donors (Lipinski definition) is 1. The number of rotatable bonds is 3. The van der Waals surface area contributed by atoms with E-state index < -0.39 is 30.3 Å². The molecule has 2 atom stereocenters. The van der Waals surface area contributed by atoms with Crippen LogP contribution in [0.15, 0.2) is 5.10 Å². The highest BCUT2D eigenvalue weighted by Crippen LogP contribution is 2.40. The lowest BCUT2D eigenvalue weighted by atomic mass is 10.1. The Morgan fingerprint density at radius 2 is 2.13 bits per heavy atom. The first-order valence-electron chi connectivity index (χ1n) is 6.91. The molecule has 2 rings (SSSR count). The van der Waals surface area contributed by atoms with Crippen LogP contribution in [0.5, 0.6) is 0 Å². The molecule has 0 bridgehead atoms. The van der Waals surface area contributed by atoms with Gasteiger partial charge in [-0.2, -0.15) is 28.4 Å². The topological polar surface area (TPSA) is 70.7 Å². The number of amides is 1. The van der Waals surface area contributed by atoms with Crippen molar-refractivity contribution in [2.45, 2.75) is 51.6 Å². The number of aromatic nitrogens is 2. The predicted molar refractivity (Wildman–Crippen MR) is 77.0 cm³/mol. The Bertz CT molecular complexity index is 658. The summed E-state index contributed by atoms with van der Waals surface area (Å²) in [6, 6.07) is -1.05. The molecule has 1 aliphatic rings. The van der Waals surface area contributed by atoms with Gasteiger partial charge in [-0.15, -0.1) is 0 Å². The van der Waals surface area contributed by atoms with Crippen molar-refractivity contribution >= 4 is 23.7 Å². The van der Waals surface area contributed by atoms with Gasteiger partial charge in [-0.25, -0.2) is 0 Å². The molecule has 0 aromatic carbocycles. The summed E-state index contributed by atoms with van der Waals surface area (Å²) in [6.07, 6.45) is -4.80. The van der Waals surface area contributed by atoms with Gasteiger partial charge in [0.15, 0.2) is 0 Å². The number of hydrazone groups is 1. The molecule has 0 saturated carbocycles. The minimum Gasteiger partial charge on any atom is -0.362 e. The van der Waals surface area contributed by atoms with E-state index in [0.29, 0.717) is 16.4 Å². The van der Waals surface area contributed by atoms with Crippen LogP contribution < -0.4 is 0 Å². The van der Waals surface area contributed by atoms with Crippen molar-refractivity contribution in [2.75, 3.05) is 0 Å². The number of aliphatic hydroxyl groups is 1. The Kier molecular flexibility index (Phi) is 4.46. The Hall–Kier alpha value is -1.61. The maximum atomic E-state index is 13.1. The maximum Gasteiger partial charge on any atom is 0.438 e. The van der Waals surface area contributed by atoms with Crippen molar-refractivity contribution < 1.29 is 23.1 Å². The van der Waals surface area contributed by atoms with Crippen LogP contribution in [0.4, 0.5) is 13.2 Å². The molecule has 0 radical (unpaired) electrons. The summed E-state index contributed by atoms with van der Waals surface area (Å²) in [5.74, 6) is -0.997. The normalized spacial score (nSPS) is 22.7. The number of aryl methyl sites for hydroxylation is 1. The fraction of sp³-hybridized carbons (Fsp3) is 0.615. The third kappa shape index (κ3) is 2.72. The van der Waals surface area contributed by atoms with E-state index in [1.165, 1.54) is 4.68 Å². The van der Waals surface area contributed by atoms with Crippen molar-refractivity contribution in [3.8, 4) is 0 Å². The molecule has 23 heavy (non-hydrogen) atoms. The second kappa shape index (κ2) is 5.79. The lowest BCUT2D eigenvalue weighted by molar-refractivity contribution is -0.303. The molecule has 0 saturated heterocycles. The van der Waals surface area contributed by atoms with Crippen LogP contribution >= 0.6 is 11.6 Å². The minimum atomic E-state index is -5.02. The van der Waals surface area contributed by atoms with Crippen molar-refractivity contribution in [3.05, 3.63) is 16.4 Å². The van der Waals surface area contributed by atoms with Crippen molar-refractivity contribution in [1.82, 2.24) is 14.8 Å². The lowest BCUT2D eigenvalue weighted by Gasteiger charge is -2.34. The zero-order chi connectivity index (χ0) is 17.6. The highest BCUT2D eigenvalue weighted by Gasteiger charge is 2.62. The molecule has 1 aliphatic heterocycles. The van der Waals surface area contributed by atoms with E-state index in [1.807, 2.05) is 0 Å². The van der Waals surface area contributed by atoms with Gasteiger partial charge in [-0.05, 0) is 20.3 Å². The summed E-state index contributed by atoms with van der Waals surface area (Å²) in [5, 5.41) is 17.8. The Morgan fingerprint density at radius 3 is 2.57 bits per heavy atom. The molecule has 0 fully saturated rings. The zero-order valence-corrected chi connectivity index (χ0v) is 13.5. The molecule has 6 nitrogen and oxygen atoms in total. The van der Waals surface area contributed by atoms with Gasteiger partial charge in [-0.3, -0.25) is 9.48 Å². The van der Waals surface area contributed by atoms with E-state index in [9.17, 15) is 23.1 Å². The number of halogens is 4. The average molecular weight is 353 g/mol. The zero-order valence-electron chi connectivity index (χ0n) is 12.7. The first kappa shape index (κ1) is 17.7. The van der Waals surface area contributed by atoms with Gasteiger partial charge in [-0.1, -0.05) is 18.5 Å². The van der Waals surface area contributed by atoms with Crippen molar-refractivity contribution in [2.24, 2.45) is 5.10 Å². The van der Waals surface area contributed by atoms with Crippen LogP contribution in [0, 0.1) is 13.8 Å². The molecular weight excluding hydrogens is 337 g/mol. The molecule has 1 amide bonds. The van der Waals surface area contributed by atoms with E-state index in [0.717, 1.165) is 6.21 Å². The smallest absolute Gasteiger partial charge is 0.362 e. The quantitative estimate of drug-likeness (QED) is 0.908. The van der Waals surface area contributed by atoms with Gasteiger partial charge in [0.2, 0.25) is 0 Å². The molecular formula is C13H16ClF3N4O2. The average Bonchev–Trinajstić information content (AvgIpc) is 2.97. The molecule has 10 heteroatoms. The van der Waals surface area contributed by atoms with E-state index >= 15 is 0 Å². The lowest BCUT2D eigenvalue weighted by Crippen LogP contribution is -2.57. The number of carbonyl (C=O) groups excluding carboxylic acids is 1. The summed E-state index contributed by atoms with van der Waals surface area (Å²) in [5.41, 5.74) is -2.41. The van der Waals surface area contributed by atoms with Crippen LogP contribution in [0.2, 0.25) is 5.02 Å². The minimum absolute atomic E-state index is 0.0888. The fourth-order valence-electron chi connectivity index (χ4n) is 2.45. The van der Waals surface area contributed by atoms with E-state index in [4.69, 9.17) is 11.6 Å². The summed E-state index contributed by atoms with van der Waals surface area (Å²) < 4.78 is 40.6. The first-order chi connectivity index (χ1) is 10.5. The van der Waals surface area contributed by atoms with Crippen LogP contribution in [-0.4, -0.2) is 43.9 Å². The van der Waals surface area contributed by atoms with Gasteiger partial charge < -0.3 is 5.11 Å². The third-order valence-electron chi connectivity index (χ3n) is 3.79. The Morgan fingerprint density at radius 1 is 1.52 bits per heavy atom. The van der Waals surface area contributed by atoms with Crippen molar-refractivity contribution in [1.29, 1.82) is 0 Å². The fourth-order valence-corrected chi connectivity index (χ4v) is 2.57. The van der Waals surface area contributed by atoms with Gasteiger partial charge in [0.25, 0.3) is 11.6 Å². The Labute approximate surface area is 135 Å². The number of nitrogens with zero attached hydrogens (tertiary/aromatic N) is 4. The highest BCUT2D eigenvalue weighted by atomic mass is 35.5. The monoisotopic (exact) mass is 352 g/mol. The van der Waals surface area contributed by atoms with Gasteiger partial charge in [0.05, 0.1) is 16.4 Å². The van der Waals surface area contributed by atoms with E-state index in [1.54, 1.807) is 20.8 Å². The van der Waals surface area contributed by atoms with Crippen LogP contribution in [-0.2, 0) is 4.79 Å². The largest absolute Gasteiger partial charge is 0.438 e.